The van der Waals surface area contributed by atoms with Crippen molar-refractivity contribution >= 4 is 51.8 Å². The van der Waals surface area contributed by atoms with E-state index in [0.29, 0.717) is 40.3 Å². The summed E-state index contributed by atoms with van der Waals surface area (Å²) in [5.41, 5.74) is 4.97. The number of alkyl halides is 3. The van der Waals surface area contributed by atoms with Gasteiger partial charge in [-0.3, -0.25) is 14.9 Å². The van der Waals surface area contributed by atoms with Gasteiger partial charge in [0.25, 0.3) is 0 Å². The maximum Gasteiger partial charge on any atom is 0.430 e. The number of pyridine rings is 1. The predicted octanol–water partition coefficient (Wildman–Crippen LogP) is 6.03. The number of aliphatic hydroxyl groups excluding tert-OH is 1. The molecule has 0 spiro atoms. The van der Waals surface area contributed by atoms with Crippen LogP contribution in [0.15, 0.2) is 95.8 Å². The molecule has 1 aromatic heterocycles. The number of fused-ring (bicyclic) bond motifs is 1. The lowest BCUT2D eigenvalue weighted by atomic mass is 9.99. The van der Waals surface area contributed by atoms with Crippen LogP contribution in [0.2, 0.25) is 5.02 Å². The molecular weight excluding hydrogens is 807 g/mol. The lowest BCUT2D eigenvalue weighted by molar-refractivity contribution is -0.896. The Labute approximate surface area is 348 Å². The largest absolute Gasteiger partial charge is 0.542 e. The lowest BCUT2D eigenvalue weighted by Gasteiger charge is -2.36. The zero-order valence-corrected chi connectivity index (χ0v) is 33.5. The summed E-state index contributed by atoms with van der Waals surface area (Å²) in [7, 11) is 4.37. The Hall–Kier alpha value is -5.94. The minimum Gasteiger partial charge on any atom is -0.542 e. The van der Waals surface area contributed by atoms with Crippen molar-refractivity contribution in [3.63, 3.8) is 0 Å². The van der Waals surface area contributed by atoms with Crippen LogP contribution in [0.5, 0.6) is 5.75 Å². The smallest absolute Gasteiger partial charge is 0.430 e. The summed E-state index contributed by atoms with van der Waals surface area (Å²) in [5.74, 6) is -3.30. The van der Waals surface area contributed by atoms with Crippen molar-refractivity contribution in [3.05, 3.63) is 123 Å². The van der Waals surface area contributed by atoms with E-state index in [4.69, 9.17) is 26.2 Å². The molecule has 1 atom stereocenters. The van der Waals surface area contributed by atoms with Crippen molar-refractivity contribution in [3.8, 4) is 16.9 Å². The molecule has 2 amide bonds. The molecule has 0 unspecified atom stereocenters. The molecular formula is C43H45ClF3N5O8. The molecule has 0 saturated carbocycles. The van der Waals surface area contributed by atoms with Crippen LogP contribution in [-0.4, -0.2) is 83.7 Å². The topological polar surface area (TPSA) is 193 Å². The average molecular weight is 852 g/mol. The number of carbonyl (C=O) groups is 3. The van der Waals surface area contributed by atoms with Crippen molar-refractivity contribution in [1.29, 1.82) is 0 Å². The number of halogens is 4. The number of hydrogen-bond donors (Lipinski definition) is 6. The first-order valence-electron chi connectivity index (χ1n) is 19.0. The van der Waals surface area contributed by atoms with Gasteiger partial charge in [0.15, 0.2) is 0 Å². The third kappa shape index (κ3) is 12.5. The monoisotopic (exact) mass is 851 g/mol. The molecule has 60 heavy (non-hydrogen) atoms. The van der Waals surface area contributed by atoms with Gasteiger partial charge in [0.05, 0.1) is 55.2 Å². The third-order valence-corrected chi connectivity index (χ3v) is 10.4. The Morgan fingerprint density at radius 3 is 2.33 bits per heavy atom. The molecule has 1 fully saturated rings. The van der Waals surface area contributed by atoms with E-state index in [1.165, 1.54) is 12.1 Å². The van der Waals surface area contributed by atoms with Crippen LogP contribution in [-0.2, 0) is 27.3 Å². The average Bonchev–Trinajstić information content (AvgIpc) is 3.20. The number of H-pyrrole nitrogens is 1. The fourth-order valence-corrected chi connectivity index (χ4v) is 6.90. The van der Waals surface area contributed by atoms with E-state index in [0.717, 1.165) is 52.7 Å². The number of nitrogens with zero attached hydrogens (tertiary/aromatic N) is 1. The molecule has 13 nitrogen and oxygen atoms in total. The van der Waals surface area contributed by atoms with Crippen LogP contribution < -0.4 is 26.6 Å². The highest BCUT2D eigenvalue weighted by Gasteiger charge is 2.29. The molecule has 318 valence electrons. The number of nitrogens with one attached hydrogen (secondary N) is 4. The van der Waals surface area contributed by atoms with Gasteiger partial charge in [-0.2, -0.15) is 13.2 Å². The number of quaternary nitrogens is 1. The van der Waals surface area contributed by atoms with E-state index in [-0.39, 0.29) is 41.8 Å². The summed E-state index contributed by atoms with van der Waals surface area (Å²) >= 11 is 6.71. The number of aliphatic hydroxyl groups is 1. The number of amides is 2. The number of benzene rings is 4. The number of aromatic hydroxyl groups is 1. The number of aliphatic carboxylic acids is 1. The molecule has 6 rings (SSSR count). The van der Waals surface area contributed by atoms with Crippen molar-refractivity contribution < 1.29 is 52.1 Å². The number of anilines is 2. The standard InChI is InChI=1S/C41H44ClN5O6.C2HF3O2/c1-47(2)21-19-29(20-22-47)53-41(52)45-34-23-26(11-13-30(34)27-7-4-3-5-8-27)12-17-37(50)44-33-10-6-9-28(39(33)42)24-43-25-36(49)31-14-16-35(48)40-32(31)15-18-38(51)46-40;3-2(4,5)1(6)7/h3-11,13-16,18,23,29,36,43,49H,12,17,19-22,24-25H2,1-2H3,(H3-,44,45,46,48,50,51,52);(H,6,7)/t36-;/m0./s1. The van der Waals surface area contributed by atoms with Crippen molar-refractivity contribution in [2.24, 2.45) is 0 Å². The van der Waals surface area contributed by atoms with E-state index in [9.17, 15) is 37.8 Å². The number of carbonyl (C=O) groups excluding carboxylic acids is 3. The van der Waals surface area contributed by atoms with Gasteiger partial charge >= 0.3 is 12.3 Å². The number of phenols is 1. The number of piperidine rings is 1. The Balaban J connectivity index is 0.000000896. The van der Waals surface area contributed by atoms with Crippen molar-refractivity contribution in [2.45, 2.75) is 50.6 Å². The highest BCUT2D eigenvalue weighted by Crippen LogP contribution is 2.32. The highest BCUT2D eigenvalue weighted by molar-refractivity contribution is 6.34. The number of ether oxygens (including phenoxy) is 1. The first-order valence-corrected chi connectivity index (χ1v) is 19.3. The van der Waals surface area contributed by atoms with Gasteiger partial charge in [-0.1, -0.05) is 72.3 Å². The van der Waals surface area contributed by atoms with Crippen LogP contribution >= 0.6 is 11.6 Å². The van der Waals surface area contributed by atoms with Gasteiger partial charge in [0.1, 0.15) is 17.8 Å². The molecule has 2 heterocycles. The first kappa shape index (κ1) is 45.1. The summed E-state index contributed by atoms with van der Waals surface area (Å²) < 4.78 is 38.3. The number of aromatic nitrogens is 1. The number of likely N-dealkylation sites (tertiary alicyclic amines) is 1. The summed E-state index contributed by atoms with van der Waals surface area (Å²) in [6, 6.07) is 26.9. The molecule has 5 aromatic rings. The number of carboxylic acids is 1. The summed E-state index contributed by atoms with van der Waals surface area (Å²) in [5, 5.41) is 39.9. The molecule has 17 heteroatoms. The van der Waals surface area contributed by atoms with Crippen LogP contribution in [0.3, 0.4) is 0 Å². The molecule has 1 aliphatic rings. The van der Waals surface area contributed by atoms with Crippen LogP contribution in [0.4, 0.5) is 29.3 Å². The summed E-state index contributed by atoms with van der Waals surface area (Å²) in [4.78, 5) is 49.3. The number of carboxylic acid groups (broad SMARTS) is 1. The maximum atomic E-state index is 13.1. The van der Waals surface area contributed by atoms with E-state index in [2.05, 4.69) is 35.0 Å². The van der Waals surface area contributed by atoms with Gasteiger partial charge in [-0.15, -0.1) is 0 Å². The van der Waals surface area contributed by atoms with Crippen LogP contribution in [0.1, 0.15) is 42.1 Å². The normalized spacial score (nSPS) is 14.4. The Morgan fingerprint density at radius 2 is 1.65 bits per heavy atom. The van der Waals surface area contributed by atoms with Gasteiger partial charge < -0.3 is 45.0 Å². The molecule has 4 aromatic carbocycles. The minimum absolute atomic E-state index is 0.0782. The molecule has 0 bridgehead atoms. The molecule has 6 N–H and O–H groups in total. The Bertz CT molecular complexity index is 2370. The second-order valence-corrected chi connectivity index (χ2v) is 15.3. The van der Waals surface area contributed by atoms with Crippen LogP contribution in [0.25, 0.3) is 22.0 Å². The van der Waals surface area contributed by atoms with Gasteiger partial charge in [0.2, 0.25) is 11.5 Å². The summed E-state index contributed by atoms with van der Waals surface area (Å²) in [6.07, 6.45) is -4.50. The number of rotatable bonds is 12. The highest BCUT2D eigenvalue weighted by atomic mass is 35.5. The van der Waals surface area contributed by atoms with Gasteiger partial charge in [-0.25, -0.2) is 4.79 Å². The summed E-state index contributed by atoms with van der Waals surface area (Å²) in [6.45, 7) is 2.39. The van der Waals surface area contributed by atoms with E-state index >= 15 is 0 Å². The fourth-order valence-electron chi connectivity index (χ4n) is 6.66. The van der Waals surface area contributed by atoms with E-state index < -0.39 is 24.3 Å². The van der Waals surface area contributed by atoms with Crippen molar-refractivity contribution in [2.75, 3.05) is 44.4 Å². The van der Waals surface area contributed by atoms with E-state index in [1.54, 1.807) is 24.3 Å². The zero-order valence-electron chi connectivity index (χ0n) is 32.8. The number of aryl methyl sites for hydroxylation is 1. The molecule has 0 aliphatic carbocycles. The van der Waals surface area contributed by atoms with Crippen LogP contribution in [0, 0.1) is 0 Å². The van der Waals surface area contributed by atoms with Gasteiger partial charge in [0, 0.05) is 49.4 Å². The van der Waals surface area contributed by atoms with Gasteiger partial charge in [-0.05, 0) is 52.9 Å². The first-order chi connectivity index (χ1) is 28.4. The fraction of sp³-hybridized carbons (Fsp3) is 0.302. The second kappa shape index (κ2) is 19.9. The number of aromatic amines is 1. The van der Waals surface area contributed by atoms with E-state index in [1.807, 2.05) is 54.6 Å². The SMILES string of the molecule is C[N+]1(C)CCC(OC(=O)Nc2cc(CCC(=O)Nc3cccc(CNC[C@H](O)c4ccc(O)c5[nH]c(=O)ccc45)c3Cl)ccc2-c2ccccc2)CC1.O=C([O-])C(F)(F)F. The number of phenolic OH excluding ortho intramolecular Hbond substituents is 1. The minimum atomic E-state index is -5.19. The predicted molar refractivity (Wildman–Crippen MR) is 219 cm³/mol. The second-order valence-electron chi connectivity index (χ2n) is 14.9. The Morgan fingerprint density at radius 1 is 0.950 bits per heavy atom. The Kier molecular flexibility index (Phi) is 15.0. The zero-order chi connectivity index (χ0) is 43.6. The molecule has 1 saturated heterocycles. The lowest BCUT2D eigenvalue weighted by Crippen LogP contribution is -2.48. The molecule has 0 radical (unpaired) electrons. The molecule has 1 aliphatic heterocycles. The quantitative estimate of drug-likeness (QED) is 0.0813. The maximum absolute atomic E-state index is 13.1. The third-order valence-electron chi connectivity index (χ3n) is 9.94. The number of hydrogen-bond acceptors (Lipinski definition) is 9. The van der Waals surface area contributed by atoms with Crippen molar-refractivity contribution in [1.82, 2.24) is 10.3 Å².